The molecule has 3 heterocycles. The smallest absolute Gasteiger partial charge is 0.277 e. The molecule has 148 valence electrons. The van der Waals surface area contributed by atoms with E-state index in [1.807, 2.05) is 24.6 Å². The molecule has 0 spiro atoms. The van der Waals surface area contributed by atoms with E-state index in [2.05, 4.69) is 5.10 Å². The Morgan fingerprint density at radius 1 is 1.37 bits per heavy atom. The van der Waals surface area contributed by atoms with Crippen LogP contribution in [0.4, 0.5) is 0 Å². The number of aromatic nitrogens is 3. The average molecular weight is 414 g/mol. The number of hydrogen-bond acceptors (Lipinski definition) is 4. The lowest BCUT2D eigenvalue weighted by molar-refractivity contribution is 0.243. The first kappa shape index (κ1) is 18.9. The van der Waals surface area contributed by atoms with Gasteiger partial charge in [-0.25, -0.2) is 5.14 Å². The first-order valence-electron chi connectivity index (χ1n) is 9.15. The van der Waals surface area contributed by atoms with E-state index in [-0.39, 0.29) is 23.4 Å². The van der Waals surface area contributed by atoms with Crippen molar-refractivity contribution in [3.63, 3.8) is 0 Å². The third-order valence-corrected chi connectivity index (χ3v) is 7.53. The van der Waals surface area contributed by atoms with Gasteiger partial charge in [0.1, 0.15) is 5.02 Å². The molecule has 1 aliphatic carbocycles. The summed E-state index contributed by atoms with van der Waals surface area (Å²) in [5, 5.41) is 10.1. The first-order valence-corrected chi connectivity index (χ1v) is 11.0. The van der Waals surface area contributed by atoms with Crippen LogP contribution in [0.5, 0.6) is 0 Å². The van der Waals surface area contributed by atoms with E-state index in [1.165, 1.54) is 8.82 Å². The highest BCUT2D eigenvalue weighted by atomic mass is 35.5. The highest BCUT2D eigenvalue weighted by Crippen LogP contribution is 2.44. The van der Waals surface area contributed by atoms with Crippen molar-refractivity contribution in [2.45, 2.75) is 52.1 Å². The monoisotopic (exact) mass is 413 g/mol. The van der Waals surface area contributed by atoms with Gasteiger partial charge in [-0.1, -0.05) is 25.4 Å². The first-order chi connectivity index (χ1) is 12.6. The second-order valence-corrected chi connectivity index (χ2v) is 9.97. The molecule has 2 aromatic rings. The second-order valence-electron chi connectivity index (χ2n) is 8.09. The van der Waals surface area contributed by atoms with E-state index < -0.39 is 10.2 Å². The SMILES string of the molecule is Cc1nn2c(=O)c(C(C)C)cn(C[C@H]3C[C@H]4C[C@@H]3CN4S(N)(=O)=O)c2c1Cl. The number of aryl methyl sites for hydroxylation is 1. The van der Waals surface area contributed by atoms with Gasteiger partial charge in [0.25, 0.3) is 15.8 Å². The molecule has 1 aliphatic heterocycles. The Labute approximate surface area is 163 Å². The van der Waals surface area contributed by atoms with Gasteiger partial charge in [0.2, 0.25) is 0 Å². The molecule has 4 rings (SSSR count). The van der Waals surface area contributed by atoms with Crippen LogP contribution >= 0.6 is 11.6 Å². The molecular weight excluding hydrogens is 390 g/mol. The van der Waals surface area contributed by atoms with Gasteiger partial charge in [0.15, 0.2) is 5.65 Å². The Balaban J connectivity index is 1.72. The number of rotatable bonds is 4. The maximum atomic E-state index is 12.7. The van der Waals surface area contributed by atoms with Crippen molar-refractivity contribution in [3.05, 3.63) is 32.8 Å². The van der Waals surface area contributed by atoms with Gasteiger partial charge in [0.05, 0.1) is 5.69 Å². The third-order valence-electron chi connectivity index (χ3n) is 5.99. The molecule has 0 unspecified atom stereocenters. The van der Waals surface area contributed by atoms with E-state index in [1.54, 1.807) is 6.92 Å². The standard InChI is InChI=1S/C17H24ClN5O3S/c1-9(2)14-8-21(16-15(18)10(3)20-23(16)17(14)24)6-11-4-13-5-12(11)7-22(13)27(19,25)26/h8-9,11-13H,4-7H2,1-3H3,(H2,19,25,26)/t11-,12-,13+/m1/s1. The Kier molecular flexibility index (Phi) is 4.41. The Bertz CT molecular complexity index is 1070. The highest BCUT2D eigenvalue weighted by molar-refractivity contribution is 7.86. The Morgan fingerprint density at radius 3 is 2.63 bits per heavy atom. The molecule has 2 N–H and O–H groups in total. The van der Waals surface area contributed by atoms with Crippen LogP contribution in [0.2, 0.25) is 5.02 Å². The summed E-state index contributed by atoms with van der Waals surface area (Å²) in [5.41, 5.74) is 1.78. The van der Waals surface area contributed by atoms with E-state index in [0.717, 1.165) is 12.8 Å². The van der Waals surface area contributed by atoms with Gasteiger partial charge in [-0.2, -0.15) is 22.3 Å². The zero-order chi connectivity index (χ0) is 19.7. The summed E-state index contributed by atoms with van der Waals surface area (Å²) in [5.74, 6) is 0.637. The van der Waals surface area contributed by atoms with Crippen LogP contribution in [0, 0.1) is 18.8 Å². The van der Waals surface area contributed by atoms with E-state index in [4.69, 9.17) is 16.7 Å². The Morgan fingerprint density at radius 2 is 2.07 bits per heavy atom. The van der Waals surface area contributed by atoms with E-state index >= 15 is 0 Å². The number of fused-ring (bicyclic) bond motifs is 3. The van der Waals surface area contributed by atoms with Crippen molar-refractivity contribution in [1.82, 2.24) is 18.5 Å². The molecule has 3 atom stereocenters. The molecule has 10 heteroatoms. The van der Waals surface area contributed by atoms with Crippen LogP contribution in [-0.2, 0) is 16.8 Å². The fourth-order valence-corrected chi connectivity index (χ4v) is 5.85. The summed E-state index contributed by atoms with van der Waals surface area (Å²) >= 11 is 6.45. The minimum atomic E-state index is -3.64. The third kappa shape index (κ3) is 3.00. The number of nitrogens with two attached hydrogens (primary N) is 1. The van der Waals surface area contributed by atoms with Crippen LogP contribution in [-0.4, -0.2) is 39.5 Å². The molecule has 0 radical (unpaired) electrons. The molecule has 2 aromatic heterocycles. The summed E-state index contributed by atoms with van der Waals surface area (Å²) in [4.78, 5) is 12.7. The average Bonchev–Trinajstić information content (AvgIpc) is 3.23. The molecule has 0 aromatic carbocycles. The molecule has 8 nitrogen and oxygen atoms in total. The summed E-state index contributed by atoms with van der Waals surface area (Å²) in [6.07, 6.45) is 3.49. The van der Waals surface area contributed by atoms with Crippen LogP contribution in [0.25, 0.3) is 5.65 Å². The van der Waals surface area contributed by atoms with Gasteiger partial charge in [0, 0.05) is 30.9 Å². The van der Waals surface area contributed by atoms with Crippen LogP contribution < -0.4 is 10.7 Å². The van der Waals surface area contributed by atoms with Crippen LogP contribution in [0.1, 0.15) is 43.9 Å². The normalized spacial score (nSPS) is 25.9. The second kappa shape index (κ2) is 6.30. The maximum absolute atomic E-state index is 12.7. The van der Waals surface area contributed by atoms with Gasteiger partial charge < -0.3 is 4.57 Å². The molecule has 1 saturated heterocycles. The van der Waals surface area contributed by atoms with Gasteiger partial charge >= 0.3 is 0 Å². The van der Waals surface area contributed by atoms with Gasteiger partial charge in [-0.3, -0.25) is 4.79 Å². The molecule has 2 aliphatic rings. The van der Waals surface area contributed by atoms with Crippen molar-refractivity contribution in [3.8, 4) is 0 Å². The quantitative estimate of drug-likeness (QED) is 0.820. The lowest BCUT2D eigenvalue weighted by Gasteiger charge is -2.30. The Hall–Kier alpha value is -1.42. The van der Waals surface area contributed by atoms with Crippen molar-refractivity contribution in [2.24, 2.45) is 17.0 Å². The van der Waals surface area contributed by atoms with Crippen molar-refractivity contribution < 1.29 is 8.42 Å². The molecule has 1 saturated carbocycles. The molecule has 2 bridgehead atoms. The number of hydrogen-bond donors (Lipinski definition) is 1. The van der Waals surface area contributed by atoms with Crippen molar-refractivity contribution >= 4 is 27.5 Å². The van der Waals surface area contributed by atoms with Gasteiger partial charge in [-0.15, -0.1) is 0 Å². The van der Waals surface area contributed by atoms with E-state index in [0.29, 0.717) is 40.9 Å². The fourth-order valence-electron chi connectivity index (χ4n) is 4.63. The van der Waals surface area contributed by atoms with Crippen molar-refractivity contribution in [2.75, 3.05) is 6.54 Å². The summed E-state index contributed by atoms with van der Waals surface area (Å²) in [6.45, 7) is 6.89. The summed E-state index contributed by atoms with van der Waals surface area (Å²) in [7, 11) is -3.64. The molecule has 0 amide bonds. The maximum Gasteiger partial charge on any atom is 0.277 e. The van der Waals surface area contributed by atoms with Crippen LogP contribution in [0.15, 0.2) is 11.0 Å². The molecular formula is C17H24ClN5O3S. The summed E-state index contributed by atoms with van der Waals surface area (Å²) in [6, 6.07) is -0.0305. The topological polar surface area (TPSA) is 103 Å². The number of halogens is 1. The van der Waals surface area contributed by atoms with Crippen molar-refractivity contribution in [1.29, 1.82) is 0 Å². The summed E-state index contributed by atoms with van der Waals surface area (Å²) < 4.78 is 28.2. The predicted octanol–water partition coefficient (Wildman–Crippen LogP) is 1.50. The lowest BCUT2D eigenvalue weighted by Crippen LogP contribution is -2.44. The zero-order valence-corrected chi connectivity index (χ0v) is 17.2. The minimum absolute atomic E-state index is 0.0305. The minimum Gasteiger partial charge on any atom is -0.331 e. The lowest BCUT2D eigenvalue weighted by atomic mass is 9.95. The zero-order valence-electron chi connectivity index (χ0n) is 15.6. The van der Waals surface area contributed by atoms with E-state index in [9.17, 15) is 13.2 Å². The predicted molar refractivity (Wildman–Crippen MR) is 103 cm³/mol. The fraction of sp³-hybridized carbons (Fsp3) is 0.647. The highest BCUT2D eigenvalue weighted by Gasteiger charge is 2.48. The van der Waals surface area contributed by atoms with Crippen LogP contribution in [0.3, 0.4) is 0 Å². The molecule has 2 fully saturated rings. The van der Waals surface area contributed by atoms with Gasteiger partial charge in [-0.05, 0) is 37.5 Å². The largest absolute Gasteiger partial charge is 0.331 e. The number of nitrogens with zero attached hydrogens (tertiary/aromatic N) is 4. The number of piperidine rings is 1. The molecule has 27 heavy (non-hydrogen) atoms.